The van der Waals surface area contributed by atoms with Gasteiger partial charge < -0.3 is 10.5 Å². The average Bonchev–Trinajstić information content (AvgIpc) is 2.31. The highest BCUT2D eigenvalue weighted by atomic mass is 79.9. The minimum Gasteiger partial charge on any atom is -0.488 e. The molecule has 0 amide bonds. The molecule has 0 atom stereocenters. The van der Waals surface area contributed by atoms with Crippen molar-refractivity contribution in [2.24, 2.45) is 0 Å². The van der Waals surface area contributed by atoms with E-state index >= 15 is 0 Å². The lowest BCUT2D eigenvalue weighted by Crippen LogP contribution is -2.01. The van der Waals surface area contributed by atoms with Crippen LogP contribution in [0.5, 0.6) is 5.75 Å². The van der Waals surface area contributed by atoms with E-state index in [1.807, 2.05) is 18.2 Å². The Labute approximate surface area is 121 Å². The molecule has 0 spiro atoms. The average molecular weight is 375 g/mol. The molecule has 94 valence electrons. The van der Waals surface area contributed by atoms with Crippen molar-refractivity contribution in [1.29, 1.82) is 0 Å². The highest BCUT2D eigenvalue weighted by Crippen LogP contribution is 2.28. The van der Waals surface area contributed by atoms with Crippen molar-refractivity contribution in [2.45, 2.75) is 6.61 Å². The number of halogens is 3. The Morgan fingerprint density at radius 2 is 1.89 bits per heavy atom. The van der Waals surface area contributed by atoms with Gasteiger partial charge in [0.15, 0.2) is 0 Å². The standard InChI is InChI=1S/C13H10Br2FNO/c14-10-2-1-3-12(17)9(10)7-18-13-5-4-8(16)6-11(13)15/h1-6H,7,17H2. The third kappa shape index (κ3) is 3.03. The molecule has 2 rings (SSSR count). The Hall–Kier alpha value is -1.07. The highest BCUT2D eigenvalue weighted by Gasteiger charge is 2.07. The Bertz CT molecular complexity index is 555. The molecule has 0 aliphatic carbocycles. The van der Waals surface area contributed by atoms with Crippen LogP contribution in [0, 0.1) is 5.82 Å². The predicted molar refractivity (Wildman–Crippen MR) is 77.0 cm³/mol. The first-order chi connectivity index (χ1) is 8.58. The molecular weight excluding hydrogens is 365 g/mol. The summed E-state index contributed by atoms with van der Waals surface area (Å²) in [6.45, 7) is 0.317. The molecule has 0 saturated heterocycles. The lowest BCUT2D eigenvalue weighted by atomic mass is 10.2. The number of hydrogen-bond donors (Lipinski definition) is 1. The second-order valence-electron chi connectivity index (χ2n) is 3.67. The van der Waals surface area contributed by atoms with Crippen LogP contribution in [0.15, 0.2) is 45.3 Å². The van der Waals surface area contributed by atoms with Crippen LogP contribution in [-0.2, 0) is 6.61 Å². The summed E-state index contributed by atoms with van der Waals surface area (Å²) >= 11 is 6.67. The van der Waals surface area contributed by atoms with Crippen LogP contribution in [0.25, 0.3) is 0 Å². The fraction of sp³-hybridized carbons (Fsp3) is 0.0769. The van der Waals surface area contributed by atoms with Gasteiger partial charge in [-0.25, -0.2) is 4.39 Å². The van der Waals surface area contributed by atoms with Crippen LogP contribution in [0.1, 0.15) is 5.56 Å². The Morgan fingerprint density at radius 1 is 1.11 bits per heavy atom. The molecule has 2 aromatic rings. The summed E-state index contributed by atoms with van der Waals surface area (Å²) in [6.07, 6.45) is 0. The number of ether oxygens (including phenoxy) is 1. The predicted octanol–water partition coefficient (Wildman–Crippen LogP) is 4.51. The molecule has 0 bridgehead atoms. The van der Waals surface area contributed by atoms with E-state index in [9.17, 15) is 4.39 Å². The van der Waals surface area contributed by atoms with Gasteiger partial charge in [-0.05, 0) is 46.3 Å². The van der Waals surface area contributed by atoms with E-state index < -0.39 is 0 Å². The maximum atomic E-state index is 12.9. The molecule has 2 nitrogen and oxygen atoms in total. The van der Waals surface area contributed by atoms with E-state index in [0.717, 1.165) is 10.0 Å². The molecule has 0 aliphatic heterocycles. The van der Waals surface area contributed by atoms with Crippen molar-refractivity contribution in [1.82, 2.24) is 0 Å². The third-order valence-electron chi connectivity index (χ3n) is 2.42. The maximum absolute atomic E-state index is 12.9. The summed E-state index contributed by atoms with van der Waals surface area (Å²) in [5.74, 6) is 0.265. The summed E-state index contributed by atoms with van der Waals surface area (Å²) in [6, 6.07) is 9.85. The van der Waals surface area contributed by atoms with Crippen molar-refractivity contribution in [3.8, 4) is 5.75 Å². The van der Waals surface area contributed by atoms with Crippen molar-refractivity contribution in [2.75, 3.05) is 5.73 Å². The van der Waals surface area contributed by atoms with Gasteiger partial charge in [-0.3, -0.25) is 0 Å². The van der Waals surface area contributed by atoms with Gasteiger partial charge in [-0.2, -0.15) is 0 Å². The van der Waals surface area contributed by atoms with Crippen LogP contribution < -0.4 is 10.5 Å². The van der Waals surface area contributed by atoms with E-state index in [2.05, 4.69) is 31.9 Å². The van der Waals surface area contributed by atoms with E-state index in [1.165, 1.54) is 12.1 Å². The minimum absolute atomic E-state index is 0.311. The van der Waals surface area contributed by atoms with Gasteiger partial charge in [-0.1, -0.05) is 22.0 Å². The van der Waals surface area contributed by atoms with Crippen molar-refractivity contribution < 1.29 is 9.13 Å². The molecule has 0 radical (unpaired) electrons. The lowest BCUT2D eigenvalue weighted by Gasteiger charge is -2.11. The topological polar surface area (TPSA) is 35.2 Å². The zero-order valence-electron chi connectivity index (χ0n) is 9.29. The number of hydrogen-bond acceptors (Lipinski definition) is 2. The normalized spacial score (nSPS) is 10.4. The van der Waals surface area contributed by atoms with Gasteiger partial charge in [0, 0.05) is 15.7 Å². The molecule has 18 heavy (non-hydrogen) atoms. The van der Waals surface area contributed by atoms with Gasteiger partial charge in [0.05, 0.1) is 4.47 Å². The molecule has 0 aliphatic rings. The Kier molecular flexibility index (Phi) is 4.24. The largest absolute Gasteiger partial charge is 0.488 e. The Morgan fingerprint density at radius 3 is 2.56 bits per heavy atom. The third-order valence-corrected chi connectivity index (χ3v) is 3.78. The van der Waals surface area contributed by atoms with Crippen LogP contribution >= 0.6 is 31.9 Å². The zero-order chi connectivity index (χ0) is 13.1. The number of nitrogen functional groups attached to an aromatic ring is 1. The van der Waals surface area contributed by atoms with E-state index in [1.54, 1.807) is 6.07 Å². The minimum atomic E-state index is -0.311. The lowest BCUT2D eigenvalue weighted by molar-refractivity contribution is 0.303. The monoisotopic (exact) mass is 373 g/mol. The maximum Gasteiger partial charge on any atom is 0.134 e. The summed E-state index contributed by atoms with van der Waals surface area (Å²) in [5.41, 5.74) is 7.39. The second kappa shape index (κ2) is 5.71. The molecule has 0 heterocycles. The number of benzene rings is 2. The van der Waals surface area contributed by atoms with E-state index in [-0.39, 0.29) is 5.82 Å². The molecule has 0 aromatic heterocycles. The summed E-state index contributed by atoms with van der Waals surface area (Å²) in [7, 11) is 0. The first-order valence-electron chi connectivity index (χ1n) is 5.18. The van der Waals surface area contributed by atoms with E-state index in [4.69, 9.17) is 10.5 Å². The quantitative estimate of drug-likeness (QED) is 0.802. The van der Waals surface area contributed by atoms with Crippen LogP contribution in [0.3, 0.4) is 0 Å². The van der Waals surface area contributed by atoms with Crippen LogP contribution in [0.4, 0.5) is 10.1 Å². The first-order valence-corrected chi connectivity index (χ1v) is 6.77. The SMILES string of the molecule is Nc1cccc(Br)c1COc1ccc(F)cc1Br. The van der Waals surface area contributed by atoms with Gasteiger partial charge in [-0.15, -0.1) is 0 Å². The summed E-state index contributed by atoms with van der Waals surface area (Å²) in [5, 5.41) is 0. The molecule has 2 aromatic carbocycles. The smallest absolute Gasteiger partial charge is 0.134 e. The van der Waals surface area contributed by atoms with Crippen molar-refractivity contribution in [3.63, 3.8) is 0 Å². The molecule has 2 N–H and O–H groups in total. The molecular formula is C13H10Br2FNO. The van der Waals surface area contributed by atoms with Crippen LogP contribution in [-0.4, -0.2) is 0 Å². The zero-order valence-corrected chi connectivity index (χ0v) is 12.5. The first kappa shape index (κ1) is 13.4. The number of anilines is 1. The van der Waals surface area contributed by atoms with Gasteiger partial charge in [0.2, 0.25) is 0 Å². The summed E-state index contributed by atoms with van der Waals surface area (Å²) in [4.78, 5) is 0. The van der Waals surface area contributed by atoms with Gasteiger partial charge in [0.1, 0.15) is 18.2 Å². The molecule has 0 saturated carbocycles. The number of nitrogens with two attached hydrogens (primary N) is 1. The second-order valence-corrected chi connectivity index (χ2v) is 5.38. The molecule has 0 fully saturated rings. The fourth-order valence-corrected chi connectivity index (χ4v) is 2.43. The molecule has 5 heteroatoms. The van der Waals surface area contributed by atoms with E-state index in [0.29, 0.717) is 22.5 Å². The highest BCUT2D eigenvalue weighted by molar-refractivity contribution is 9.10. The molecule has 0 unspecified atom stereocenters. The van der Waals surface area contributed by atoms with Crippen LogP contribution in [0.2, 0.25) is 0 Å². The Balaban J connectivity index is 2.16. The van der Waals surface area contributed by atoms with Gasteiger partial charge in [0.25, 0.3) is 0 Å². The van der Waals surface area contributed by atoms with Crippen molar-refractivity contribution >= 4 is 37.5 Å². The number of rotatable bonds is 3. The summed E-state index contributed by atoms with van der Waals surface area (Å²) < 4.78 is 20.0. The van der Waals surface area contributed by atoms with Crippen molar-refractivity contribution in [3.05, 3.63) is 56.7 Å². The van der Waals surface area contributed by atoms with Gasteiger partial charge >= 0.3 is 0 Å². The fourth-order valence-electron chi connectivity index (χ4n) is 1.47.